The molecule has 0 unspecified atom stereocenters. The third-order valence-corrected chi connectivity index (χ3v) is 6.60. The van der Waals surface area contributed by atoms with Crippen molar-refractivity contribution in [1.82, 2.24) is 4.31 Å². The number of nitrogens with zero attached hydrogens (tertiary/aromatic N) is 1. The highest BCUT2D eigenvalue weighted by molar-refractivity contribution is 7.89. The van der Waals surface area contributed by atoms with E-state index in [-0.39, 0.29) is 24.4 Å². The fourth-order valence-corrected chi connectivity index (χ4v) is 4.72. The molecule has 176 valence electrons. The lowest BCUT2D eigenvalue weighted by Crippen LogP contribution is -2.33. The molecule has 2 aromatic rings. The Morgan fingerprint density at radius 3 is 2.03 bits per heavy atom. The highest BCUT2D eigenvalue weighted by Gasteiger charge is 2.31. The Morgan fingerprint density at radius 1 is 0.969 bits per heavy atom. The fourth-order valence-electron chi connectivity index (χ4n) is 3.15. The molecule has 0 radical (unpaired) electrons. The molecule has 2 rings (SSSR count). The maximum absolute atomic E-state index is 12.9. The first kappa shape index (κ1) is 25.7. The average molecular weight is 474 g/mol. The van der Waals surface area contributed by atoms with Crippen LogP contribution in [0.15, 0.2) is 53.4 Å². The maximum atomic E-state index is 12.9. The van der Waals surface area contributed by atoms with Crippen LogP contribution in [-0.4, -0.2) is 43.3 Å². The van der Waals surface area contributed by atoms with Gasteiger partial charge in [0.25, 0.3) is 0 Å². The summed E-state index contributed by atoms with van der Waals surface area (Å²) in [6.07, 6.45) is -2.55. The molecule has 0 aromatic heterocycles. The molecule has 10 heteroatoms. The molecule has 0 aliphatic carbocycles. The zero-order chi connectivity index (χ0) is 23.8. The van der Waals surface area contributed by atoms with Crippen molar-refractivity contribution < 1.29 is 36.2 Å². The number of halogens is 3. The molecule has 32 heavy (non-hydrogen) atoms. The molecule has 0 aliphatic heterocycles. The van der Waals surface area contributed by atoms with Crippen LogP contribution in [0.25, 0.3) is 0 Å². The van der Waals surface area contributed by atoms with E-state index in [0.29, 0.717) is 25.7 Å². The summed E-state index contributed by atoms with van der Waals surface area (Å²) in [7, 11) is -3.86. The van der Waals surface area contributed by atoms with Crippen molar-refractivity contribution in [3.05, 3.63) is 59.7 Å². The molecule has 0 spiro atoms. The molecular formula is C22H26F3NO5S. The van der Waals surface area contributed by atoms with E-state index in [9.17, 15) is 26.4 Å². The first-order chi connectivity index (χ1) is 15.0. The van der Waals surface area contributed by atoms with Gasteiger partial charge in [-0.3, -0.25) is 4.79 Å². The summed E-state index contributed by atoms with van der Waals surface area (Å²) in [6, 6.07) is 11.7. The van der Waals surface area contributed by atoms with Gasteiger partial charge in [-0.1, -0.05) is 31.2 Å². The summed E-state index contributed by atoms with van der Waals surface area (Å²) in [5.41, 5.74) is 1.93. The van der Waals surface area contributed by atoms with Crippen LogP contribution in [0.3, 0.4) is 0 Å². The summed E-state index contributed by atoms with van der Waals surface area (Å²) >= 11 is 0. The first-order valence-electron chi connectivity index (χ1n) is 10.2. The number of rotatable bonds is 12. The second-order valence-electron chi connectivity index (χ2n) is 7.24. The van der Waals surface area contributed by atoms with Gasteiger partial charge in [0.05, 0.1) is 4.90 Å². The second kappa shape index (κ2) is 11.3. The third-order valence-electron chi connectivity index (χ3n) is 4.69. The van der Waals surface area contributed by atoms with E-state index < -0.39 is 28.1 Å². The number of hydrogen-bond donors (Lipinski definition) is 1. The number of sulfonamides is 1. The van der Waals surface area contributed by atoms with Crippen LogP contribution in [0, 0.1) is 0 Å². The number of aryl methyl sites for hydroxylation is 2. The number of carboxylic acid groups (broad SMARTS) is 1. The lowest BCUT2D eigenvalue weighted by molar-refractivity contribution is -0.274. The smallest absolute Gasteiger partial charge is 0.481 e. The SMILES string of the molecule is CCCN(CCCc1ccc(CCC(=O)O)cc1)S(=O)(=O)c1ccc(OC(F)(F)F)cc1. The zero-order valence-corrected chi connectivity index (χ0v) is 18.5. The summed E-state index contributed by atoms with van der Waals surface area (Å²) in [5.74, 6) is -1.33. The lowest BCUT2D eigenvalue weighted by atomic mass is 10.0. The van der Waals surface area contributed by atoms with Gasteiger partial charge < -0.3 is 9.84 Å². The van der Waals surface area contributed by atoms with Crippen molar-refractivity contribution in [2.24, 2.45) is 0 Å². The van der Waals surface area contributed by atoms with Crippen molar-refractivity contribution in [2.45, 2.75) is 50.3 Å². The van der Waals surface area contributed by atoms with Crippen LogP contribution in [0.2, 0.25) is 0 Å². The van der Waals surface area contributed by atoms with Gasteiger partial charge >= 0.3 is 12.3 Å². The second-order valence-corrected chi connectivity index (χ2v) is 9.18. The molecule has 6 nitrogen and oxygen atoms in total. The highest BCUT2D eigenvalue weighted by atomic mass is 32.2. The molecule has 0 saturated heterocycles. The first-order valence-corrected chi connectivity index (χ1v) is 11.6. The van der Waals surface area contributed by atoms with Gasteiger partial charge in [-0.15, -0.1) is 13.2 Å². The van der Waals surface area contributed by atoms with Crippen molar-refractivity contribution in [2.75, 3.05) is 13.1 Å². The quantitative estimate of drug-likeness (QED) is 0.486. The molecule has 0 amide bonds. The van der Waals surface area contributed by atoms with E-state index in [4.69, 9.17) is 5.11 Å². The van der Waals surface area contributed by atoms with Gasteiger partial charge in [-0.2, -0.15) is 4.31 Å². The molecule has 0 atom stereocenters. The monoisotopic (exact) mass is 473 g/mol. The number of carboxylic acids is 1. The summed E-state index contributed by atoms with van der Waals surface area (Å²) in [5, 5.41) is 8.74. The predicted molar refractivity (Wildman–Crippen MR) is 113 cm³/mol. The Hall–Kier alpha value is -2.59. The topological polar surface area (TPSA) is 83.9 Å². The minimum Gasteiger partial charge on any atom is -0.481 e. The van der Waals surface area contributed by atoms with Gasteiger partial charge in [0.2, 0.25) is 10.0 Å². The van der Waals surface area contributed by atoms with Crippen LogP contribution in [0.1, 0.15) is 37.3 Å². The maximum Gasteiger partial charge on any atom is 0.573 e. The summed E-state index contributed by atoms with van der Waals surface area (Å²) < 4.78 is 67.9. The van der Waals surface area contributed by atoms with Crippen molar-refractivity contribution >= 4 is 16.0 Å². The Kier molecular flexibility index (Phi) is 9.09. The Morgan fingerprint density at radius 2 is 1.53 bits per heavy atom. The molecule has 1 N–H and O–H groups in total. The standard InChI is InChI=1S/C22H26F3NO5S/c1-2-15-26(16-3-4-17-5-7-18(8-6-17)9-14-21(27)28)32(29,30)20-12-10-19(11-13-20)31-22(23,24)25/h5-8,10-13H,2-4,9,14-16H2,1H3,(H,27,28). The van der Waals surface area contributed by atoms with Crippen LogP contribution in [0.5, 0.6) is 5.75 Å². The molecule has 0 fully saturated rings. The molecular weight excluding hydrogens is 447 g/mol. The molecule has 0 aliphatic rings. The van der Waals surface area contributed by atoms with E-state index in [1.807, 2.05) is 31.2 Å². The lowest BCUT2D eigenvalue weighted by Gasteiger charge is -2.22. The van der Waals surface area contributed by atoms with Gasteiger partial charge in [-0.05, 0) is 61.1 Å². The van der Waals surface area contributed by atoms with Crippen molar-refractivity contribution in [3.63, 3.8) is 0 Å². The zero-order valence-electron chi connectivity index (χ0n) is 17.6. The van der Waals surface area contributed by atoms with Crippen LogP contribution in [-0.2, 0) is 27.7 Å². The highest BCUT2D eigenvalue weighted by Crippen LogP contribution is 2.25. The average Bonchev–Trinajstić information content (AvgIpc) is 2.71. The number of carbonyl (C=O) groups is 1. The van der Waals surface area contributed by atoms with Gasteiger partial charge in [-0.25, -0.2) is 8.42 Å². The predicted octanol–water partition coefficient (Wildman–Crippen LogP) is 4.64. The number of aliphatic carboxylic acids is 1. The van der Waals surface area contributed by atoms with Crippen molar-refractivity contribution in [1.29, 1.82) is 0 Å². The molecule has 2 aromatic carbocycles. The van der Waals surface area contributed by atoms with Crippen molar-refractivity contribution in [3.8, 4) is 5.75 Å². The molecule has 0 heterocycles. The number of hydrogen-bond acceptors (Lipinski definition) is 4. The van der Waals surface area contributed by atoms with E-state index >= 15 is 0 Å². The molecule has 0 saturated carbocycles. The largest absolute Gasteiger partial charge is 0.573 e. The van der Waals surface area contributed by atoms with E-state index in [2.05, 4.69) is 4.74 Å². The Labute approximate surface area is 185 Å². The van der Waals surface area contributed by atoms with Gasteiger partial charge in [0.1, 0.15) is 5.75 Å². The molecule has 0 bridgehead atoms. The van der Waals surface area contributed by atoms with Crippen LogP contribution < -0.4 is 4.74 Å². The van der Waals surface area contributed by atoms with E-state index in [1.54, 1.807) is 0 Å². The summed E-state index contributed by atoms with van der Waals surface area (Å²) in [4.78, 5) is 10.6. The Balaban J connectivity index is 1.99. The normalized spacial score (nSPS) is 12.2. The van der Waals surface area contributed by atoms with Gasteiger partial charge in [0.15, 0.2) is 0 Å². The van der Waals surface area contributed by atoms with Crippen LogP contribution in [0.4, 0.5) is 13.2 Å². The van der Waals surface area contributed by atoms with E-state index in [0.717, 1.165) is 35.4 Å². The Bertz CT molecular complexity index is 974. The van der Waals surface area contributed by atoms with E-state index in [1.165, 1.54) is 4.31 Å². The number of benzene rings is 2. The minimum absolute atomic E-state index is 0.0620. The minimum atomic E-state index is -4.84. The number of ether oxygens (including phenoxy) is 1. The number of alkyl halides is 3. The third kappa shape index (κ3) is 8.16. The van der Waals surface area contributed by atoms with Gasteiger partial charge in [0, 0.05) is 19.5 Å². The summed E-state index contributed by atoms with van der Waals surface area (Å²) in [6.45, 7) is 2.40. The van der Waals surface area contributed by atoms with Crippen LogP contribution >= 0.6 is 0 Å². The fraction of sp³-hybridized carbons (Fsp3) is 0.409.